The molecule has 1 saturated carbocycles. The van der Waals surface area contributed by atoms with Crippen LogP contribution in [-0.4, -0.2) is 15.3 Å². The summed E-state index contributed by atoms with van der Waals surface area (Å²) in [5.74, 6) is 0.293. The molecular formula is C14H22N2O. The van der Waals surface area contributed by atoms with Crippen LogP contribution in [0.15, 0.2) is 12.5 Å². The van der Waals surface area contributed by atoms with Crippen LogP contribution in [0.1, 0.15) is 40.3 Å². The summed E-state index contributed by atoms with van der Waals surface area (Å²) in [6.07, 6.45) is 4.73. The molecule has 2 rings (SSSR count). The van der Waals surface area contributed by atoms with Gasteiger partial charge in [0.1, 0.15) is 5.78 Å². The SMILES string of the molecule is CC(=O)C1(C)C(C)(C)C1(C)Cc1cn(C)cn1. The lowest BCUT2D eigenvalue weighted by Gasteiger charge is -2.14. The largest absolute Gasteiger partial charge is 0.340 e. The second-order valence-electron chi connectivity index (χ2n) is 6.35. The van der Waals surface area contributed by atoms with Crippen molar-refractivity contribution < 1.29 is 4.79 Å². The standard InChI is InChI=1S/C14H22N2O/c1-10(17)14(5)12(2,3)13(14,4)7-11-8-16(6)9-15-11/h8-9H,7H2,1-6H3. The fourth-order valence-corrected chi connectivity index (χ4v) is 3.59. The lowest BCUT2D eigenvalue weighted by molar-refractivity contribution is -0.123. The maximum absolute atomic E-state index is 11.9. The molecule has 1 heterocycles. The van der Waals surface area contributed by atoms with Gasteiger partial charge >= 0.3 is 0 Å². The molecule has 2 atom stereocenters. The predicted molar refractivity (Wildman–Crippen MR) is 67.6 cm³/mol. The van der Waals surface area contributed by atoms with Gasteiger partial charge in [0.25, 0.3) is 0 Å². The molecule has 0 radical (unpaired) electrons. The van der Waals surface area contributed by atoms with Gasteiger partial charge in [0.2, 0.25) is 0 Å². The average Bonchev–Trinajstić information content (AvgIpc) is 2.56. The van der Waals surface area contributed by atoms with Crippen molar-refractivity contribution in [3.8, 4) is 0 Å². The molecule has 17 heavy (non-hydrogen) atoms. The first-order chi connectivity index (χ1) is 7.67. The number of hydrogen-bond donors (Lipinski definition) is 0. The Balaban J connectivity index is 2.30. The van der Waals surface area contributed by atoms with Crippen molar-refractivity contribution in [2.24, 2.45) is 23.3 Å². The quantitative estimate of drug-likeness (QED) is 0.805. The fraction of sp³-hybridized carbons (Fsp3) is 0.714. The molecule has 3 heteroatoms. The van der Waals surface area contributed by atoms with Crippen LogP contribution < -0.4 is 0 Å². The molecule has 1 aliphatic carbocycles. The Kier molecular flexibility index (Phi) is 2.33. The van der Waals surface area contributed by atoms with Crippen LogP contribution in [0.3, 0.4) is 0 Å². The number of rotatable bonds is 3. The Morgan fingerprint density at radius 3 is 2.29 bits per heavy atom. The summed E-state index contributed by atoms with van der Waals surface area (Å²) in [5, 5.41) is 0. The highest BCUT2D eigenvalue weighted by Gasteiger charge is 2.78. The van der Waals surface area contributed by atoms with Crippen molar-refractivity contribution in [3.63, 3.8) is 0 Å². The zero-order valence-electron chi connectivity index (χ0n) is 11.7. The molecule has 2 unspecified atom stereocenters. The Morgan fingerprint density at radius 1 is 1.35 bits per heavy atom. The Morgan fingerprint density at radius 2 is 1.94 bits per heavy atom. The minimum atomic E-state index is -0.225. The van der Waals surface area contributed by atoms with Gasteiger partial charge < -0.3 is 4.57 Å². The Hall–Kier alpha value is -1.12. The summed E-state index contributed by atoms with van der Waals surface area (Å²) in [4.78, 5) is 16.3. The molecule has 1 aromatic heterocycles. The molecule has 0 aliphatic heterocycles. The van der Waals surface area contributed by atoms with Crippen LogP contribution in [0.2, 0.25) is 0 Å². The van der Waals surface area contributed by atoms with E-state index in [0.29, 0.717) is 5.78 Å². The number of aryl methyl sites for hydroxylation is 1. The van der Waals surface area contributed by atoms with Crippen molar-refractivity contribution in [2.45, 2.75) is 41.0 Å². The van der Waals surface area contributed by atoms with Gasteiger partial charge in [-0.05, 0) is 24.2 Å². The molecule has 1 aromatic rings. The van der Waals surface area contributed by atoms with Gasteiger partial charge in [0.05, 0.1) is 12.0 Å². The van der Waals surface area contributed by atoms with Crippen LogP contribution in [0.25, 0.3) is 0 Å². The highest BCUT2D eigenvalue weighted by molar-refractivity contribution is 5.88. The minimum absolute atomic E-state index is 0.0141. The van der Waals surface area contributed by atoms with Gasteiger partial charge in [-0.3, -0.25) is 4.79 Å². The van der Waals surface area contributed by atoms with Gasteiger partial charge in [0.15, 0.2) is 0 Å². The van der Waals surface area contributed by atoms with E-state index in [9.17, 15) is 4.79 Å². The number of nitrogens with zero attached hydrogens (tertiary/aromatic N) is 2. The van der Waals surface area contributed by atoms with Crippen molar-refractivity contribution in [3.05, 3.63) is 18.2 Å². The van der Waals surface area contributed by atoms with Crippen molar-refractivity contribution in [2.75, 3.05) is 0 Å². The van der Waals surface area contributed by atoms with Crippen LogP contribution in [-0.2, 0) is 18.3 Å². The molecule has 3 nitrogen and oxygen atoms in total. The zero-order chi connectivity index (χ0) is 13.1. The maximum atomic E-state index is 11.9. The molecule has 94 valence electrons. The van der Waals surface area contributed by atoms with Crippen LogP contribution in [0, 0.1) is 16.2 Å². The van der Waals surface area contributed by atoms with Gasteiger partial charge in [-0.1, -0.05) is 27.7 Å². The van der Waals surface area contributed by atoms with Crippen LogP contribution in [0.4, 0.5) is 0 Å². The normalized spacial score (nSPS) is 34.7. The van der Waals surface area contributed by atoms with Crippen molar-refractivity contribution in [1.29, 1.82) is 0 Å². The highest BCUT2D eigenvalue weighted by Crippen LogP contribution is 2.79. The van der Waals surface area contributed by atoms with E-state index in [-0.39, 0.29) is 16.2 Å². The van der Waals surface area contributed by atoms with Gasteiger partial charge in [-0.25, -0.2) is 4.98 Å². The molecular weight excluding hydrogens is 212 g/mol. The molecule has 0 N–H and O–H groups in total. The van der Waals surface area contributed by atoms with E-state index in [1.54, 1.807) is 6.92 Å². The number of carbonyl (C=O) groups excluding carboxylic acids is 1. The number of imidazole rings is 1. The molecule has 0 amide bonds. The summed E-state index contributed by atoms with van der Waals surface area (Å²) in [5.41, 5.74) is 0.911. The highest BCUT2D eigenvalue weighted by atomic mass is 16.1. The summed E-state index contributed by atoms with van der Waals surface area (Å²) in [7, 11) is 1.97. The lowest BCUT2D eigenvalue weighted by atomic mass is 9.89. The Labute approximate surface area is 103 Å². The van der Waals surface area contributed by atoms with Crippen molar-refractivity contribution >= 4 is 5.78 Å². The third-order valence-electron chi connectivity index (χ3n) is 5.67. The lowest BCUT2D eigenvalue weighted by Crippen LogP contribution is -2.18. The first kappa shape index (κ1) is 12.3. The molecule has 0 saturated heterocycles. The molecule has 0 bridgehead atoms. The Bertz CT molecular complexity index is 474. The first-order valence-electron chi connectivity index (χ1n) is 6.15. The van der Waals surface area contributed by atoms with E-state index in [4.69, 9.17) is 0 Å². The molecule has 1 aliphatic rings. The average molecular weight is 234 g/mol. The van der Waals surface area contributed by atoms with Crippen LogP contribution in [0.5, 0.6) is 0 Å². The van der Waals surface area contributed by atoms with E-state index in [0.717, 1.165) is 12.1 Å². The molecule has 0 aromatic carbocycles. The summed E-state index contributed by atoms with van der Waals surface area (Å²) in [6.45, 7) is 10.4. The fourth-order valence-electron chi connectivity index (χ4n) is 3.59. The number of Topliss-reactive ketones (excluding diaryl/α,β-unsaturated/α-hetero) is 1. The number of hydrogen-bond acceptors (Lipinski definition) is 2. The van der Waals surface area contributed by atoms with E-state index in [2.05, 4.69) is 32.7 Å². The van der Waals surface area contributed by atoms with Gasteiger partial charge in [0, 0.05) is 18.7 Å². The summed E-state index contributed by atoms with van der Waals surface area (Å²) >= 11 is 0. The summed E-state index contributed by atoms with van der Waals surface area (Å²) in [6, 6.07) is 0. The predicted octanol–water partition coefficient (Wildman–Crippen LogP) is 2.60. The minimum Gasteiger partial charge on any atom is -0.340 e. The van der Waals surface area contributed by atoms with Crippen LogP contribution >= 0.6 is 0 Å². The van der Waals surface area contributed by atoms with E-state index < -0.39 is 0 Å². The monoisotopic (exact) mass is 234 g/mol. The van der Waals surface area contributed by atoms with Crippen molar-refractivity contribution in [1.82, 2.24) is 9.55 Å². The third kappa shape index (κ3) is 1.28. The first-order valence-corrected chi connectivity index (χ1v) is 6.15. The van der Waals surface area contributed by atoms with Gasteiger partial charge in [-0.2, -0.15) is 0 Å². The summed E-state index contributed by atoms with van der Waals surface area (Å²) < 4.78 is 1.96. The topological polar surface area (TPSA) is 34.9 Å². The smallest absolute Gasteiger partial charge is 0.136 e. The zero-order valence-corrected chi connectivity index (χ0v) is 11.7. The van der Waals surface area contributed by atoms with E-state index in [1.807, 2.05) is 24.1 Å². The second-order valence-corrected chi connectivity index (χ2v) is 6.35. The molecule has 1 fully saturated rings. The number of ketones is 1. The molecule has 0 spiro atoms. The van der Waals surface area contributed by atoms with Gasteiger partial charge in [-0.15, -0.1) is 0 Å². The third-order valence-corrected chi connectivity index (χ3v) is 5.67. The van der Waals surface area contributed by atoms with E-state index >= 15 is 0 Å². The maximum Gasteiger partial charge on any atom is 0.136 e. The second kappa shape index (κ2) is 3.21. The number of aromatic nitrogens is 2. The van der Waals surface area contributed by atoms with E-state index in [1.165, 1.54) is 0 Å². The number of carbonyl (C=O) groups is 1.